The Balaban J connectivity index is 1.68. The van der Waals surface area contributed by atoms with Gasteiger partial charge in [-0.05, 0) is 57.3 Å². The largest absolute Gasteiger partial charge is 0.444 e. The van der Waals surface area contributed by atoms with Crippen molar-refractivity contribution in [2.45, 2.75) is 90.3 Å². The third kappa shape index (κ3) is 5.34. The summed E-state index contributed by atoms with van der Waals surface area (Å²) in [6.07, 6.45) is 1.60. The van der Waals surface area contributed by atoms with Crippen molar-refractivity contribution in [1.29, 1.82) is 0 Å². The molecule has 174 valence electrons. The fraction of sp³-hybridized carbons (Fsp3) is 0.720. The van der Waals surface area contributed by atoms with Gasteiger partial charge in [-0.25, -0.2) is 4.79 Å². The highest BCUT2D eigenvalue weighted by Crippen LogP contribution is 2.60. The number of hydrogen-bond acceptors (Lipinski definition) is 4. The average Bonchev–Trinajstić information content (AvgIpc) is 3.10. The Bertz CT molecular complexity index is 773. The molecular weight excluding hydrogens is 406 g/mol. The van der Waals surface area contributed by atoms with E-state index in [-0.39, 0.29) is 22.1 Å². The average molecular weight is 448 g/mol. The standard InChI is InChI=1S/C25H41NO4Si/c1-22(2,3)30-21(27)26-17-24(18-29-31(7,8)23(4,5)6)15-25(26,16-24)19-28-14-20-12-10-9-11-13-20/h9-13H,14-19H2,1-8H3. The van der Waals surface area contributed by atoms with Gasteiger partial charge in [0, 0.05) is 18.6 Å². The minimum atomic E-state index is -1.84. The summed E-state index contributed by atoms with van der Waals surface area (Å²) in [4.78, 5) is 15.0. The SMILES string of the molecule is CC(C)(C)OC(=O)N1CC2(CO[Si](C)(C)C(C)(C)C)CC1(COCc1ccccc1)C2. The first-order chi connectivity index (χ1) is 14.2. The van der Waals surface area contributed by atoms with E-state index in [1.807, 2.05) is 43.9 Å². The number of carbonyl (C=O) groups is 1. The Kier molecular flexibility index (Phi) is 6.42. The van der Waals surface area contributed by atoms with E-state index in [1.54, 1.807) is 0 Å². The number of hydrogen-bond donors (Lipinski definition) is 0. The van der Waals surface area contributed by atoms with Gasteiger partial charge in [-0.1, -0.05) is 51.1 Å². The van der Waals surface area contributed by atoms with Gasteiger partial charge in [0.25, 0.3) is 0 Å². The topological polar surface area (TPSA) is 48.0 Å². The Morgan fingerprint density at radius 1 is 1.03 bits per heavy atom. The summed E-state index contributed by atoms with van der Waals surface area (Å²) < 4.78 is 18.5. The van der Waals surface area contributed by atoms with Crippen LogP contribution in [0.4, 0.5) is 4.79 Å². The van der Waals surface area contributed by atoms with Crippen LogP contribution >= 0.6 is 0 Å². The van der Waals surface area contributed by atoms with Crippen LogP contribution in [0.2, 0.25) is 18.1 Å². The highest BCUT2D eigenvalue weighted by molar-refractivity contribution is 6.74. The second-order valence-corrected chi connectivity index (χ2v) is 17.0. The summed E-state index contributed by atoms with van der Waals surface area (Å²) >= 11 is 0. The van der Waals surface area contributed by atoms with Crippen LogP contribution < -0.4 is 0 Å². The van der Waals surface area contributed by atoms with E-state index < -0.39 is 13.9 Å². The van der Waals surface area contributed by atoms with E-state index in [4.69, 9.17) is 13.9 Å². The Morgan fingerprint density at radius 3 is 2.19 bits per heavy atom. The Morgan fingerprint density at radius 2 is 1.65 bits per heavy atom. The molecule has 0 atom stereocenters. The van der Waals surface area contributed by atoms with Crippen molar-refractivity contribution in [1.82, 2.24) is 4.90 Å². The zero-order chi connectivity index (χ0) is 23.1. The molecule has 31 heavy (non-hydrogen) atoms. The summed E-state index contributed by atoms with van der Waals surface area (Å²) in [5, 5.41) is 0.173. The van der Waals surface area contributed by atoms with Gasteiger partial charge in [-0.2, -0.15) is 0 Å². The maximum absolute atomic E-state index is 13.1. The number of rotatable bonds is 7. The Hall–Kier alpha value is -1.37. The lowest BCUT2D eigenvalue weighted by Gasteiger charge is -2.49. The van der Waals surface area contributed by atoms with Crippen molar-refractivity contribution in [3.05, 3.63) is 35.9 Å². The Labute approximate surface area is 189 Å². The molecule has 1 aliphatic carbocycles. The lowest BCUT2D eigenvalue weighted by Crippen LogP contribution is -2.56. The minimum absolute atomic E-state index is 0.0164. The van der Waals surface area contributed by atoms with Gasteiger partial charge in [0.15, 0.2) is 8.32 Å². The van der Waals surface area contributed by atoms with Gasteiger partial charge in [-0.15, -0.1) is 0 Å². The molecule has 0 spiro atoms. The highest BCUT2D eigenvalue weighted by atomic mass is 28.4. The molecule has 0 unspecified atom stereocenters. The van der Waals surface area contributed by atoms with Crippen molar-refractivity contribution in [3.63, 3.8) is 0 Å². The molecule has 2 saturated heterocycles. The normalized spacial score (nSPS) is 26.0. The molecule has 0 radical (unpaired) electrons. The van der Waals surface area contributed by atoms with Crippen LogP contribution in [0.25, 0.3) is 0 Å². The number of benzene rings is 1. The fourth-order valence-electron chi connectivity index (χ4n) is 4.54. The quantitative estimate of drug-likeness (QED) is 0.481. The van der Waals surface area contributed by atoms with E-state index in [9.17, 15) is 4.79 Å². The summed E-state index contributed by atoms with van der Waals surface area (Å²) in [5.41, 5.74) is 0.366. The third-order valence-corrected chi connectivity index (χ3v) is 11.6. The van der Waals surface area contributed by atoms with Crippen LogP contribution in [-0.2, 0) is 20.5 Å². The molecule has 3 aliphatic rings. The molecule has 2 heterocycles. The van der Waals surface area contributed by atoms with E-state index in [0.29, 0.717) is 26.4 Å². The predicted octanol–water partition coefficient (Wildman–Crippen LogP) is 5.99. The first kappa shape index (κ1) is 24.3. The van der Waals surface area contributed by atoms with Crippen LogP contribution in [0, 0.1) is 5.41 Å². The lowest BCUT2D eigenvalue weighted by atomic mass is 9.62. The molecule has 1 amide bonds. The molecule has 2 bridgehead atoms. The van der Waals surface area contributed by atoms with Gasteiger partial charge in [0.1, 0.15) is 5.60 Å². The number of carbonyl (C=O) groups excluding carboxylic acids is 1. The van der Waals surface area contributed by atoms with Gasteiger partial charge in [0.2, 0.25) is 0 Å². The third-order valence-electron chi connectivity index (χ3n) is 7.12. The second-order valence-electron chi connectivity index (χ2n) is 12.2. The summed E-state index contributed by atoms with van der Waals surface area (Å²) in [6.45, 7) is 19.6. The first-order valence-corrected chi connectivity index (χ1v) is 14.3. The van der Waals surface area contributed by atoms with E-state index in [0.717, 1.165) is 18.4 Å². The maximum atomic E-state index is 13.1. The zero-order valence-electron chi connectivity index (χ0n) is 20.7. The van der Waals surface area contributed by atoms with Crippen molar-refractivity contribution in [2.24, 2.45) is 5.41 Å². The number of amides is 1. The lowest BCUT2D eigenvalue weighted by molar-refractivity contribution is -0.0522. The predicted molar refractivity (Wildman–Crippen MR) is 127 cm³/mol. The number of ether oxygens (including phenoxy) is 2. The molecule has 1 saturated carbocycles. The fourth-order valence-corrected chi connectivity index (χ4v) is 5.64. The smallest absolute Gasteiger partial charge is 0.410 e. The molecule has 4 rings (SSSR count). The summed E-state index contributed by atoms with van der Waals surface area (Å²) in [7, 11) is -1.84. The van der Waals surface area contributed by atoms with Gasteiger partial charge < -0.3 is 13.9 Å². The molecule has 2 aliphatic heterocycles. The molecule has 1 aromatic carbocycles. The van der Waals surface area contributed by atoms with Crippen LogP contribution in [0.3, 0.4) is 0 Å². The molecule has 5 nitrogen and oxygen atoms in total. The molecular formula is C25H41NO4Si. The van der Waals surface area contributed by atoms with Crippen LogP contribution in [-0.4, -0.2) is 50.2 Å². The first-order valence-electron chi connectivity index (χ1n) is 11.4. The van der Waals surface area contributed by atoms with Crippen LogP contribution in [0.15, 0.2) is 30.3 Å². The molecule has 1 aromatic rings. The van der Waals surface area contributed by atoms with E-state index in [1.165, 1.54) is 0 Å². The summed E-state index contributed by atoms with van der Waals surface area (Å²) in [6, 6.07) is 10.2. The monoisotopic (exact) mass is 447 g/mol. The molecule has 0 aromatic heterocycles. The van der Waals surface area contributed by atoms with Crippen molar-refractivity contribution < 1.29 is 18.7 Å². The van der Waals surface area contributed by atoms with Gasteiger partial charge in [-0.3, -0.25) is 4.90 Å². The molecule has 0 N–H and O–H groups in total. The summed E-state index contributed by atoms with van der Waals surface area (Å²) in [5.74, 6) is 0. The van der Waals surface area contributed by atoms with Crippen LogP contribution in [0.5, 0.6) is 0 Å². The number of fused-ring (bicyclic) bond motifs is 1. The van der Waals surface area contributed by atoms with E-state index >= 15 is 0 Å². The van der Waals surface area contributed by atoms with Crippen LogP contribution in [0.1, 0.15) is 59.9 Å². The van der Waals surface area contributed by atoms with E-state index in [2.05, 4.69) is 46.0 Å². The highest BCUT2D eigenvalue weighted by Gasteiger charge is 2.67. The molecule has 6 heteroatoms. The second kappa shape index (κ2) is 8.20. The van der Waals surface area contributed by atoms with Gasteiger partial charge >= 0.3 is 6.09 Å². The number of nitrogens with zero attached hydrogens (tertiary/aromatic N) is 1. The van der Waals surface area contributed by atoms with Crippen molar-refractivity contribution in [2.75, 3.05) is 19.8 Å². The van der Waals surface area contributed by atoms with Crippen molar-refractivity contribution in [3.8, 4) is 0 Å². The maximum Gasteiger partial charge on any atom is 0.410 e. The van der Waals surface area contributed by atoms with Crippen molar-refractivity contribution >= 4 is 14.4 Å². The van der Waals surface area contributed by atoms with Gasteiger partial charge in [0.05, 0.1) is 18.8 Å². The minimum Gasteiger partial charge on any atom is -0.444 e. The zero-order valence-corrected chi connectivity index (χ0v) is 21.7. The molecule has 3 fully saturated rings.